The van der Waals surface area contributed by atoms with E-state index in [4.69, 9.17) is 20.8 Å². The number of nitro benzene ring substituents is 1. The summed E-state index contributed by atoms with van der Waals surface area (Å²) in [6.45, 7) is -0.222. The van der Waals surface area contributed by atoms with Gasteiger partial charge in [-0.05, 0) is 51.8 Å². The molecule has 3 amide bonds. The Morgan fingerprint density at radius 2 is 2.03 bits per heavy atom. The van der Waals surface area contributed by atoms with Crippen LogP contribution in [0.3, 0.4) is 0 Å². The lowest BCUT2D eigenvalue weighted by molar-refractivity contribution is -0.384. The smallest absolute Gasteiger partial charge is 0.373 e. The van der Waals surface area contributed by atoms with Crippen molar-refractivity contribution in [2.24, 2.45) is 0 Å². The van der Waals surface area contributed by atoms with Gasteiger partial charge in [-0.15, -0.1) is 0 Å². The number of ether oxygens (including phenoxy) is 2. The highest BCUT2D eigenvalue weighted by Gasteiger charge is 2.34. The van der Waals surface area contributed by atoms with Gasteiger partial charge in [-0.1, -0.05) is 23.7 Å². The topological polar surface area (TPSA) is 141 Å². The van der Waals surface area contributed by atoms with Gasteiger partial charge < -0.3 is 19.2 Å². The number of rotatable bonds is 8. The van der Waals surface area contributed by atoms with Crippen molar-refractivity contribution in [1.29, 1.82) is 0 Å². The molecule has 1 N–H and O–H groups in total. The van der Waals surface area contributed by atoms with Crippen LogP contribution in [0, 0.1) is 10.1 Å². The SMILES string of the molecule is COC(=O)c1ccc(CN2C(=O)N/C(=C\c3cc(Cl)cc(Br)c3OCc3cccc([N+](=O)[O-])c3)C2=O)o1. The van der Waals surface area contributed by atoms with Crippen molar-refractivity contribution in [1.82, 2.24) is 10.2 Å². The van der Waals surface area contributed by atoms with Crippen molar-refractivity contribution in [2.75, 3.05) is 7.11 Å². The molecule has 0 spiro atoms. The summed E-state index contributed by atoms with van der Waals surface area (Å²) in [5.41, 5.74) is 0.810. The van der Waals surface area contributed by atoms with Gasteiger partial charge in [0.1, 0.15) is 23.8 Å². The van der Waals surface area contributed by atoms with E-state index in [0.717, 1.165) is 4.90 Å². The predicted octanol–water partition coefficient (Wildman–Crippen LogP) is 5.06. The van der Waals surface area contributed by atoms with Crippen LogP contribution in [0.15, 0.2) is 63.1 Å². The fourth-order valence-electron chi connectivity index (χ4n) is 3.45. The number of nitro groups is 1. The van der Waals surface area contributed by atoms with Crippen LogP contribution in [0.1, 0.15) is 27.4 Å². The summed E-state index contributed by atoms with van der Waals surface area (Å²) in [5.74, 6) is -0.876. The first kappa shape index (κ1) is 25.9. The Morgan fingerprint density at radius 1 is 1.24 bits per heavy atom. The number of methoxy groups -OCH3 is 1. The Hall–Kier alpha value is -4.16. The predicted molar refractivity (Wildman–Crippen MR) is 134 cm³/mol. The van der Waals surface area contributed by atoms with Gasteiger partial charge in [0, 0.05) is 22.7 Å². The Labute approximate surface area is 222 Å². The fraction of sp³-hybridized carbons (Fsp3) is 0.125. The molecule has 1 fully saturated rings. The number of non-ortho nitro benzene ring substituents is 1. The molecule has 37 heavy (non-hydrogen) atoms. The molecule has 190 valence electrons. The van der Waals surface area contributed by atoms with Crippen molar-refractivity contribution < 1.29 is 33.2 Å². The van der Waals surface area contributed by atoms with E-state index >= 15 is 0 Å². The lowest BCUT2D eigenvalue weighted by Crippen LogP contribution is -2.30. The van der Waals surface area contributed by atoms with Crippen LogP contribution in [0.4, 0.5) is 10.5 Å². The molecule has 1 aromatic heterocycles. The molecule has 0 bridgehead atoms. The van der Waals surface area contributed by atoms with E-state index in [-0.39, 0.29) is 36.1 Å². The number of halogens is 2. The summed E-state index contributed by atoms with van der Waals surface area (Å²) in [6, 6.07) is 11.3. The standard InChI is InChI=1S/C24H17BrClN3O8/c1-35-23(31)20-6-5-17(37-20)11-28-22(30)19(27-24(28)32)9-14-8-15(26)10-18(25)21(14)36-12-13-3-2-4-16(7-13)29(33)34/h2-10H,11-12H2,1H3,(H,27,32)/b19-9-. The van der Waals surface area contributed by atoms with Gasteiger partial charge in [-0.3, -0.25) is 19.8 Å². The monoisotopic (exact) mass is 589 g/mol. The molecule has 2 heterocycles. The molecule has 2 aromatic carbocycles. The number of carbonyl (C=O) groups excluding carboxylic acids is 3. The quantitative estimate of drug-likeness (QED) is 0.126. The van der Waals surface area contributed by atoms with Crippen LogP contribution in [0.25, 0.3) is 6.08 Å². The first-order valence-electron chi connectivity index (χ1n) is 10.5. The summed E-state index contributed by atoms with van der Waals surface area (Å²) in [7, 11) is 1.20. The summed E-state index contributed by atoms with van der Waals surface area (Å²) in [5, 5.41) is 13.9. The molecule has 13 heteroatoms. The Kier molecular flexibility index (Phi) is 7.60. The van der Waals surface area contributed by atoms with E-state index in [1.807, 2.05) is 0 Å². The van der Waals surface area contributed by atoms with E-state index in [1.165, 1.54) is 37.5 Å². The third kappa shape index (κ3) is 5.81. The molecule has 1 saturated heterocycles. The third-order valence-electron chi connectivity index (χ3n) is 5.17. The van der Waals surface area contributed by atoms with Gasteiger partial charge in [0.05, 0.1) is 23.1 Å². The molecule has 0 unspecified atom stereocenters. The minimum absolute atomic E-state index is 0.00840. The van der Waals surface area contributed by atoms with Crippen molar-refractivity contribution in [2.45, 2.75) is 13.2 Å². The highest BCUT2D eigenvalue weighted by molar-refractivity contribution is 9.10. The summed E-state index contributed by atoms with van der Waals surface area (Å²) >= 11 is 9.58. The number of hydrogen-bond donors (Lipinski definition) is 1. The van der Waals surface area contributed by atoms with Crippen LogP contribution in [0.2, 0.25) is 5.02 Å². The van der Waals surface area contributed by atoms with Crippen LogP contribution >= 0.6 is 27.5 Å². The zero-order valence-electron chi connectivity index (χ0n) is 19.0. The second-order valence-electron chi connectivity index (χ2n) is 7.66. The Morgan fingerprint density at radius 3 is 2.76 bits per heavy atom. The lowest BCUT2D eigenvalue weighted by Gasteiger charge is -2.13. The first-order valence-corrected chi connectivity index (χ1v) is 11.7. The molecular weight excluding hydrogens is 574 g/mol. The van der Waals surface area contributed by atoms with E-state index < -0.39 is 22.8 Å². The fourth-order valence-corrected chi connectivity index (χ4v) is 4.40. The minimum atomic E-state index is -0.688. The normalized spacial score (nSPS) is 14.1. The van der Waals surface area contributed by atoms with Gasteiger partial charge in [0.2, 0.25) is 5.76 Å². The number of amides is 3. The summed E-state index contributed by atoms with van der Waals surface area (Å²) in [4.78, 5) is 48.5. The van der Waals surface area contributed by atoms with Crippen molar-refractivity contribution in [3.8, 4) is 5.75 Å². The van der Waals surface area contributed by atoms with E-state index in [1.54, 1.807) is 24.3 Å². The maximum absolute atomic E-state index is 13.0. The number of esters is 1. The molecule has 0 atom stereocenters. The number of urea groups is 1. The number of imide groups is 1. The maximum atomic E-state index is 13.0. The maximum Gasteiger partial charge on any atom is 0.373 e. The number of hydrogen-bond acceptors (Lipinski definition) is 8. The van der Waals surface area contributed by atoms with Gasteiger partial charge in [0.15, 0.2) is 0 Å². The van der Waals surface area contributed by atoms with Crippen molar-refractivity contribution in [3.63, 3.8) is 0 Å². The second kappa shape index (κ2) is 10.8. The van der Waals surface area contributed by atoms with Gasteiger partial charge >= 0.3 is 12.0 Å². The molecule has 11 nitrogen and oxygen atoms in total. The van der Waals surface area contributed by atoms with Gasteiger partial charge in [0.25, 0.3) is 11.6 Å². The average molecular weight is 591 g/mol. The van der Waals surface area contributed by atoms with Crippen LogP contribution in [0.5, 0.6) is 5.75 Å². The van der Waals surface area contributed by atoms with Crippen LogP contribution in [-0.4, -0.2) is 34.8 Å². The van der Waals surface area contributed by atoms with E-state index in [9.17, 15) is 24.5 Å². The van der Waals surface area contributed by atoms with Gasteiger partial charge in [-0.25, -0.2) is 9.59 Å². The molecule has 0 radical (unpaired) electrons. The van der Waals surface area contributed by atoms with Crippen LogP contribution in [-0.2, 0) is 22.7 Å². The first-order chi connectivity index (χ1) is 17.7. The zero-order valence-corrected chi connectivity index (χ0v) is 21.4. The lowest BCUT2D eigenvalue weighted by atomic mass is 10.1. The molecule has 1 aliphatic heterocycles. The Balaban J connectivity index is 1.56. The average Bonchev–Trinajstić information content (AvgIpc) is 3.43. The molecule has 0 aliphatic carbocycles. The molecular formula is C24H17BrClN3O8. The number of carbonyl (C=O) groups is 3. The largest absolute Gasteiger partial charge is 0.487 e. The number of benzene rings is 2. The van der Waals surface area contributed by atoms with Crippen LogP contribution < -0.4 is 10.1 Å². The molecule has 3 aromatic rings. The molecule has 4 rings (SSSR count). The number of furan rings is 1. The van der Waals surface area contributed by atoms with Crippen molar-refractivity contribution in [3.05, 3.63) is 96.5 Å². The third-order valence-corrected chi connectivity index (χ3v) is 5.97. The van der Waals surface area contributed by atoms with Crippen molar-refractivity contribution >= 4 is 57.2 Å². The number of nitrogens with zero attached hydrogens (tertiary/aromatic N) is 2. The zero-order chi connectivity index (χ0) is 26.7. The highest BCUT2D eigenvalue weighted by atomic mass is 79.9. The minimum Gasteiger partial charge on any atom is -0.487 e. The van der Waals surface area contributed by atoms with E-state index in [2.05, 4.69) is 26.0 Å². The second-order valence-corrected chi connectivity index (χ2v) is 8.95. The van der Waals surface area contributed by atoms with Gasteiger partial charge in [-0.2, -0.15) is 0 Å². The van der Waals surface area contributed by atoms with E-state index in [0.29, 0.717) is 26.4 Å². The highest BCUT2D eigenvalue weighted by Crippen LogP contribution is 2.35. The summed E-state index contributed by atoms with van der Waals surface area (Å²) < 4.78 is 16.3. The molecule has 1 aliphatic rings. The molecule has 0 saturated carbocycles. The summed E-state index contributed by atoms with van der Waals surface area (Å²) in [6.07, 6.45) is 1.40. The Bertz CT molecular complexity index is 1450. The number of nitrogens with one attached hydrogen (secondary N) is 1.